The van der Waals surface area contributed by atoms with Crippen LogP contribution in [0, 0.1) is 0 Å². The van der Waals surface area contributed by atoms with Gasteiger partial charge in [-0.1, -0.05) is 0 Å². The summed E-state index contributed by atoms with van der Waals surface area (Å²) < 4.78 is 0. The van der Waals surface area contributed by atoms with Gasteiger partial charge in [0, 0.05) is 33.4 Å². The first-order chi connectivity index (χ1) is 8.47. The van der Waals surface area contributed by atoms with Crippen molar-refractivity contribution >= 4 is 11.7 Å². The fraction of sp³-hybridized carbons (Fsp3) is 0.538. The van der Waals surface area contributed by atoms with Gasteiger partial charge in [-0.25, -0.2) is 4.98 Å². The molecule has 0 spiro atoms. The molecule has 0 aliphatic rings. The molecule has 100 valence electrons. The van der Waals surface area contributed by atoms with Gasteiger partial charge in [-0.15, -0.1) is 0 Å². The lowest BCUT2D eigenvalue weighted by Gasteiger charge is -2.25. The minimum Gasteiger partial charge on any atom is -0.357 e. The predicted octanol–water partition coefficient (Wildman–Crippen LogP) is 0.957. The van der Waals surface area contributed by atoms with Crippen molar-refractivity contribution in [2.45, 2.75) is 19.4 Å². The number of anilines is 1. The Morgan fingerprint density at radius 1 is 1.39 bits per heavy atom. The smallest absolute Gasteiger partial charge is 0.254 e. The average molecular weight is 250 g/mol. The first kappa shape index (κ1) is 14.4. The van der Waals surface area contributed by atoms with Crippen LogP contribution < -0.4 is 10.6 Å². The van der Waals surface area contributed by atoms with E-state index in [-0.39, 0.29) is 5.91 Å². The molecule has 1 heterocycles. The van der Waals surface area contributed by atoms with E-state index in [9.17, 15) is 4.79 Å². The number of nitrogens with zero attached hydrogens (tertiary/aromatic N) is 3. The molecule has 0 aliphatic carbocycles. The second-order valence-electron chi connectivity index (χ2n) is 4.64. The maximum absolute atomic E-state index is 11.7. The second-order valence-corrected chi connectivity index (χ2v) is 4.64. The third kappa shape index (κ3) is 3.43. The van der Waals surface area contributed by atoms with Crippen LogP contribution in [0.2, 0.25) is 0 Å². The molecule has 1 aromatic heterocycles. The van der Waals surface area contributed by atoms with E-state index in [4.69, 9.17) is 5.73 Å². The van der Waals surface area contributed by atoms with Gasteiger partial charge in [-0.3, -0.25) is 4.79 Å². The van der Waals surface area contributed by atoms with Crippen molar-refractivity contribution < 1.29 is 4.79 Å². The van der Waals surface area contributed by atoms with Crippen molar-refractivity contribution in [3.05, 3.63) is 23.9 Å². The zero-order chi connectivity index (χ0) is 13.7. The van der Waals surface area contributed by atoms with E-state index in [0.29, 0.717) is 18.2 Å². The SMILES string of the molecule is CC(CCN)N(C)c1ccc(C(=O)N(C)C)cn1. The van der Waals surface area contributed by atoms with E-state index >= 15 is 0 Å². The van der Waals surface area contributed by atoms with E-state index in [1.165, 1.54) is 4.90 Å². The second kappa shape index (κ2) is 6.35. The van der Waals surface area contributed by atoms with Gasteiger partial charge in [-0.2, -0.15) is 0 Å². The van der Waals surface area contributed by atoms with Crippen molar-refractivity contribution in [1.29, 1.82) is 0 Å². The summed E-state index contributed by atoms with van der Waals surface area (Å²) in [5, 5.41) is 0. The van der Waals surface area contributed by atoms with E-state index in [2.05, 4.69) is 16.8 Å². The van der Waals surface area contributed by atoms with Crippen LogP contribution in [-0.4, -0.2) is 49.5 Å². The Hall–Kier alpha value is -1.62. The minimum atomic E-state index is -0.0355. The Morgan fingerprint density at radius 3 is 2.50 bits per heavy atom. The van der Waals surface area contributed by atoms with Gasteiger partial charge in [0.1, 0.15) is 5.82 Å². The predicted molar refractivity (Wildman–Crippen MR) is 73.8 cm³/mol. The Labute approximate surface area is 109 Å². The zero-order valence-corrected chi connectivity index (χ0v) is 11.6. The highest BCUT2D eigenvalue weighted by Gasteiger charge is 2.12. The number of aromatic nitrogens is 1. The standard InChI is InChI=1S/C13H22N4O/c1-10(7-8-14)17(4)12-6-5-11(9-15-12)13(18)16(2)3/h5-6,9-10H,7-8,14H2,1-4H3. The third-order valence-corrected chi connectivity index (χ3v) is 3.01. The number of rotatable bonds is 5. The quantitative estimate of drug-likeness (QED) is 0.845. The molecule has 0 saturated carbocycles. The number of nitrogens with two attached hydrogens (primary N) is 1. The van der Waals surface area contributed by atoms with Crippen LogP contribution in [0.15, 0.2) is 18.3 Å². The van der Waals surface area contributed by atoms with Gasteiger partial charge >= 0.3 is 0 Å². The molecule has 18 heavy (non-hydrogen) atoms. The van der Waals surface area contributed by atoms with Crippen LogP contribution in [0.1, 0.15) is 23.7 Å². The van der Waals surface area contributed by atoms with E-state index in [1.807, 2.05) is 13.1 Å². The summed E-state index contributed by atoms with van der Waals surface area (Å²) in [4.78, 5) is 19.6. The zero-order valence-electron chi connectivity index (χ0n) is 11.6. The Morgan fingerprint density at radius 2 is 2.06 bits per heavy atom. The molecule has 0 saturated heterocycles. The molecule has 5 heteroatoms. The molecule has 2 N–H and O–H groups in total. The monoisotopic (exact) mass is 250 g/mol. The topological polar surface area (TPSA) is 62.5 Å². The lowest BCUT2D eigenvalue weighted by atomic mass is 10.2. The van der Waals surface area contributed by atoms with Crippen molar-refractivity contribution in [3.8, 4) is 0 Å². The molecule has 1 rings (SSSR count). The molecule has 1 atom stereocenters. The summed E-state index contributed by atoms with van der Waals surface area (Å²) in [6, 6.07) is 4.00. The van der Waals surface area contributed by atoms with Crippen LogP contribution in [0.25, 0.3) is 0 Å². The first-order valence-electron chi connectivity index (χ1n) is 6.08. The van der Waals surface area contributed by atoms with Crippen molar-refractivity contribution in [2.75, 3.05) is 32.6 Å². The van der Waals surface area contributed by atoms with Crippen LogP contribution in [0.3, 0.4) is 0 Å². The lowest BCUT2D eigenvalue weighted by molar-refractivity contribution is 0.0827. The third-order valence-electron chi connectivity index (χ3n) is 3.01. The molecule has 5 nitrogen and oxygen atoms in total. The molecule has 0 aliphatic heterocycles. The fourth-order valence-corrected chi connectivity index (χ4v) is 1.64. The van der Waals surface area contributed by atoms with Gasteiger partial charge in [0.05, 0.1) is 5.56 Å². The summed E-state index contributed by atoms with van der Waals surface area (Å²) in [6.07, 6.45) is 2.53. The van der Waals surface area contributed by atoms with E-state index < -0.39 is 0 Å². The van der Waals surface area contributed by atoms with Gasteiger partial charge < -0.3 is 15.5 Å². The minimum absolute atomic E-state index is 0.0355. The van der Waals surface area contributed by atoms with E-state index in [0.717, 1.165) is 12.2 Å². The van der Waals surface area contributed by atoms with Crippen molar-refractivity contribution in [2.24, 2.45) is 5.73 Å². The lowest BCUT2D eigenvalue weighted by Crippen LogP contribution is -2.31. The molecular weight excluding hydrogens is 228 g/mol. The number of hydrogen-bond acceptors (Lipinski definition) is 4. The Kier molecular flexibility index (Phi) is 5.09. The normalized spacial score (nSPS) is 12.1. The summed E-state index contributed by atoms with van der Waals surface area (Å²) in [5.74, 6) is 0.818. The number of amides is 1. The summed E-state index contributed by atoms with van der Waals surface area (Å²) >= 11 is 0. The van der Waals surface area contributed by atoms with Gasteiger partial charge in [-0.05, 0) is 32.0 Å². The molecule has 0 radical (unpaired) electrons. The van der Waals surface area contributed by atoms with Crippen molar-refractivity contribution in [1.82, 2.24) is 9.88 Å². The Bertz CT molecular complexity index is 388. The van der Waals surface area contributed by atoms with Gasteiger partial charge in [0.15, 0.2) is 0 Å². The van der Waals surface area contributed by atoms with Crippen LogP contribution >= 0.6 is 0 Å². The molecule has 0 bridgehead atoms. The van der Waals surface area contributed by atoms with Gasteiger partial charge in [0.2, 0.25) is 0 Å². The number of carbonyl (C=O) groups excluding carboxylic acids is 1. The highest BCUT2D eigenvalue weighted by Crippen LogP contribution is 2.14. The van der Waals surface area contributed by atoms with Crippen LogP contribution in [0.5, 0.6) is 0 Å². The molecule has 0 fully saturated rings. The summed E-state index contributed by atoms with van der Waals surface area (Å²) in [5.41, 5.74) is 6.15. The number of carbonyl (C=O) groups is 1. The van der Waals surface area contributed by atoms with Gasteiger partial charge in [0.25, 0.3) is 5.91 Å². The number of hydrogen-bond donors (Lipinski definition) is 1. The molecule has 1 unspecified atom stereocenters. The van der Waals surface area contributed by atoms with Crippen LogP contribution in [-0.2, 0) is 0 Å². The maximum atomic E-state index is 11.7. The molecule has 1 amide bonds. The number of pyridine rings is 1. The van der Waals surface area contributed by atoms with Crippen molar-refractivity contribution in [3.63, 3.8) is 0 Å². The fourth-order valence-electron chi connectivity index (χ4n) is 1.64. The molecule has 1 aromatic rings. The highest BCUT2D eigenvalue weighted by atomic mass is 16.2. The maximum Gasteiger partial charge on any atom is 0.254 e. The molecule has 0 aromatic carbocycles. The first-order valence-corrected chi connectivity index (χ1v) is 6.08. The van der Waals surface area contributed by atoms with E-state index in [1.54, 1.807) is 26.4 Å². The highest BCUT2D eigenvalue weighted by molar-refractivity contribution is 5.93. The Balaban J connectivity index is 2.79. The average Bonchev–Trinajstić information content (AvgIpc) is 2.37. The molecular formula is C13H22N4O. The summed E-state index contributed by atoms with van der Waals surface area (Å²) in [7, 11) is 5.44. The summed E-state index contributed by atoms with van der Waals surface area (Å²) in [6.45, 7) is 2.76. The van der Waals surface area contributed by atoms with Crippen LogP contribution in [0.4, 0.5) is 5.82 Å². The largest absolute Gasteiger partial charge is 0.357 e.